The van der Waals surface area contributed by atoms with Gasteiger partial charge in [0.1, 0.15) is 0 Å². The number of aromatic nitrogens is 1. The van der Waals surface area contributed by atoms with Gasteiger partial charge in [-0.2, -0.15) is 0 Å². The molecule has 0 aliphatic heterocycles. The summed E-state index contributed by atoms with van der Waals surface area (Å²) >= 11 is 0. The van der Waals surface area contributed by atoms with Crippen LogP contribution in [0.2, 0.25) is 0 Å². The van der Waals surface area contributed by atoms with E-state index in [1.807, 2.05) is 30.5 Å². The predicted molar refractivity (Wildman–Crippen MR) is 103 cm³/mol. The van der Waals surface area contributed by atoms with Crippen molar-refractivity contribution >= 4 is 32.4 Å². The molecule has 1 radical (unpaired) electrons. The summed E-state index contributed by atoms with van der Waals surface area (Å²) in [4.78, 5) is 4.18. The number of hydrogen-bond acceptors (Lipinski definition) is 1. The third-order valence-electron chi connectivity index (χ3n) is 4.17. The molecule has 0 saturated carbocycles. The standard InChI is InChI=1S/C14H10.C9H7N.Cu/c1-3-7-13-11(5-1)9-10-12-6-2-4-8-14(12)13;1-2-6-9-8(4-1)5-3-7-10-9;/h1-10H;1-7H;. The van der Waals surface area contributed by atoms with Crippen molar-refractivity contribution in [3.05, 3.63) is 103 Å². The van der Waals surface area contributed by atoms with Gasteiger partial charge in [-0.3, -0.25) is 4.98 Å². The molecule has 0 atom stereocenters. The van der Waals surface area contributed by atoms with Crippen LogP contribution in [0.1, 0.15) is 0 Å². The molecule has 0 amide bonds. The average Bonchev–Trinajstić information content (AvgIpc) is 2.68. The van der Waals surface area contributed by atoms with Gasteiger partial charge in [0.15, 0.2) is 0 Å². The molecule has 5 aromatic rings. The predicted octanol–water partition coefficient (Wildman–Crippen LogP) is 6.23. The number of pyridine rings is 1. The molecule has 125 valence electrons. The van der Waals surface area contributed by atoms with Crippen molar-refractivity contribution in [3.8, 4) is 0 Å². The first kappa shape index (κ1) is 17.2. The Bertz CT molecular complexity index is 998. The van der Waals surface area contributed by atoms with Crippen LogP contribution in [0, 0.1) is 0 Å². The molecule has 0 aliphatic carbocycles. The molecule has 0 spiro atoms. The molecule has 1 aromatic heterocycles. The van der Waals surface area contributed by atoms with Crippen LogP contribution < -0.4 is 0 Å². The normalized spacial score (nSPS) is 10.1. The van der Waals surface area contributed by atoms with Crippen LogP contribution in [0.3, 0.4) is 0 Å². The SMILES string of the molecule is [Cu].c1ccc2c(c1)ccc1ccccc12.c1ccc2ncccc2c1. The minimum Gasteiger partial charge on any atom is -0.256 e. The molecule has 0 saturated heterocycles. The van der Waals surface area contributed by atoms with Crippen molar-refractivity contribution in [1.82, 2.24) is 4.98 Å². The van der Waals surface area contributed by atoms with Gasteiger partial charge < -0.3 is 0 Å². The quantitative estimate of drug-likeness (QED) is 0.233. The Morgan fingerprint density at radius 2 is 0.920 bits per heavy atom. The monoisotopic (exact) mass is 370 g/mol. The summed E-state index contributed by atoms with van der Waals surface area (Å²) in [5.41, 5.74) is 1.06. The van der Waals surface area contributed by atoms with E-state index in [1.165, 1.54) is 26.9 Å². The molecule has 0 unspecified atom stereocenters. The van der Waals surface area contributed by atoms with Gasteiger partial charge in [-0.15, -0.1) is 0 Å². The van der Waals surface area contributed by atoms with E-state index >= 15 is 0 Å². The van der Waals surface area contributed by atoms with Gasteiger partial charge in [-0.05, 0) is 33.7 Å². The van der Waals surface area contributed by atoms with Gasteiger partial charge in [-0.1, -0.05) is 84.9 Å². The number of hydrogen-bond donors (Lipinski definition) is 0. The largest absolute Gasteiger partial charge is 0.256 e. The summed E-state index contributed by atoms with van der Waals surface area (Å²) in [5.74, 6) is 0. The van der Waals surface area contributed by atoms with Gasteiger partial charge in [0, 0.05) is 28.7 Å². The Morgan fingerprint density at radius 3 is 1.52 bits per heavy atom. The number of nitrogens with zero attached hydrogens (tertiary/aromatic N) is 1. The van der Waals surface area contributed by atoms with E-state index in [0.29, 0.717) is 0 Å². The van der Waals surface area contributed by atoms with E-state index in [4.69, 9.17) is 0 Å². The van der Waals surface area contributed by atoms with E-state index in [0.717, 1.165) is 5.52 Å². The molecule has 0 bridgehead atoms. The molecule has 0 fully saturated rings. The van der Waals surface area contributed by atoms with E-state index in [9.17, 15) is 0 Å². The molecule has 0 aliphatic rings. The zero-order valence-electron chi connectivity index (χ0n) is 13.6. The van der Waals surface area contributed by atoms with Gasteiger partial charge in [-0.25, -0.2) is 0 Å². The van der Waals surface area contributed by atoms with Crippen molar-refractivity contribution in [1.29, 1.82) is 0 Å². The van der Waals surface area contributed by atoms with Crippen LogP contribution in [-0.4, -0.2) is 4.98 Å². The number of fused-ring (bicyclic) bond motifs is 4. The van der Waals surface area contributed by atoms with Crippen LogP contribution in [0.25, 0.3) is 32.4 Å². The van der Waals surface area contributed by atoms with E-state index in [-0.39, 0.29) is 17.1 Å². The fraction of sp³-hybridized carbons (Fsp3) is 0. The summed E-state index contributed by atoms with van der Waals surface area (Å²) in [5, 5.41) is 6.50. The molecule has 1 heterocycles. The zero-order valence-corrected chi connectivity index (χ0v) is 14.5. The van der Waals surface area contributed by atoms with Crippen LogP contribution >= 0.6 is 0 Å². The fourth-order valence-electron chi connectivity index (χ4n) is 2.97. The second-order valence-corrected chi connectivity index (χ2v) is 5.70. The van der Waals surface area contributed by atoms with Gasteiger partial charge in [0.05, 0.1) is 5.52 Å². The molecule has 5 rings (SSSR count). The summed E-state index contributed by atoms with van der Waals surface area (Å²) in [6.07, 6.45) is 1.81. The Morgan fingerprint density at radius 1 is 0.440 bits per heavy atom. The van der Waals surface area contributed by atoms with E-state index in [2.05, 4.69) is 77.8 Å². The van der Waals surface area contributed by atoms with Crippen LogP contribution in [0.15, 0.2) is 103 Å². The van der Waals surface area contributed by atoms with E-state index < -0.39 is 0 Å². The minimum absolute atomic E-state index is 0. The van der Waals surface area contributed by atoms with Crippen molar-refractivity contribution in [2.45, 2.75) is 0 Å². The third kappa shape index (κ3) is 3.71. The van der Waals surface area contributed by atoms with Crippen LogP contribution in [-0.2, 0) is 17.1 Å². The summed E-state index contributed by atoms with van der Waals surface area (Å²) in [6, 6.07) is 33.5. The maximum Gasteiger partial charge on any atom is 0.0701 e. The molecule has 2 heteroatoms. The third-order valence-corrected chi connectivity index (χ3v) is 4.17. The fourth-order valence-corrected chi connectivity index (χ4v) is 2.97. The maximum atomic E-state index is 4.18. The first-order valence-corrected chi connectivity index (χ1v) is 8.08. The Hall–Kier alpha value is -2.67. The molecule has 4 aromatic carbocycles. The number of benzene rings is 4. The average molecular weight is 371 g/mol. The molecule has 25 heavy (non-hydrogen) atoms. The number of rotatable bonds is 0. The molecular formula is C23H17CuN. The summed E-state index contributed by atoms with van der Waals surface area (Å²) in [7, 11) is 0. The van der Waals surface area contributed by atoms with Crippen LogP contribution in [0.4, 0.5) is 0 Å². The van der Waals surface area contributed by atoms with Crippen molar-refractivity contribution in [3.63, 3.8) is 0 Å². The van der Waals surface area contributed by atoms with Crippen molar-refractivity contribution in [2.75, 3.05) is 0 Å². The second kappa shape index (κ2) is 7.94. The van der Waals surface area contributed by atoms with Gasteiger partial charge in [0.25, 0.3) is 0 Å². The van der Waals surface area contributed by atoms with Crippen molar-refractivity contribution < 1.29 is 17.1 Å². The summed E-state index contributed by atoms with van der Waals surface area (Å²) < 4.78 is 0. The van der Waals surface area contributed by atoms with Crippen LogP contribution in [0.5, 0.6) is 0 Å². The zero-order chi connectivity index (χ0) is 16.2. The van der Waals surface area contributed by atoms with Crippen molar-refractivity contribution in [2.24, 2.45) is 0 Å². The van der Waals surface area contributed by atoms with E-state index in [1.54, 1.807) is 0 Å². The Balaban J connectivity index is 0.000000148. The summed E-state index contributed by atoms with van der Waals surface area (Å²) in [6.45, 7) is 0. The Labute approximate surface area is 157 Å². The van der Waals surface area contributed by atoms with Gasteiger partial charge >= 0.3 is 0 Å². The maximum absolute atomic E-state index is 4.18. The topological polar surface area (TPSA) is 12.9 Å². The smallest absolute Gasteiger partial charge is 0.0701 e. The molecule has 0 N–H and O–H groups in total. The Kier molecular flexibility index (Phi) is 5.45. The number of para-hydroxylation sites is 1. The first-order chi connectivity index (χ1) is 11.9. The minimum atomic E-state index is 0. The molecule has 1 nitrogen and oxygen atoms in total. The first-order valence-electron chi connectivity index (χ1n) is 8.08. The van der Waals surface area contributed by atoms with Gasteiger partial charge in [0.2, 0.25) is 0 Å². The molecular weight excluding hydrogens is 354 g/mol. The second-order valence-electron chi connectivity index (χ2n) is 5.70.